The summed E-state index contributed by atoms with van der Waals surface area (Å²) < 4.78 is 0. The highest BCUT2D eigenvalue weighted by Crippen LogP contribution is 2.16. The molecule has 0 aliphatic carbocycles. The second kappa shape index (κ2) is 6.54. The van der Waals surface area contributed by atoms with Crippen LogP contribution >= 0.6 is 0 Å². The molecule has 0 bridgehead atoms. The van der Waals surface area contributed by atoms with Gasteiger partial charge in [0, 0.05) is 18.0 Å². The fraction of sp³-hybridized carbons (Fsp3) is 0.500. The minimum absolute atomic E-state index is 0.00720. The molecule has 1 aromatic rings. The Bertz CT molecular complexity index is 411. The predicted octanol–water partition coefficient (Wildman–Crippen LogP) is 0.912. The standard InChI is InChI=1S/C14H21N3O2/c15-12-1-3-13(4-2-12)16-14(19)9-17-7-5-11(10-18)6-8-17/h1-4,11,18H,5-10,15H2,(H,16,19). The van der Waals surface area contributed by atoms with E-state index in [1.165, 1.54) is 0 Å². The first-order valence-corrected chi connectivity index (χ1v) is 6.66. The summed E-state index contributed by atoms with van der Waals surface area (Å²) >= 11 is 0. The Morgan fingerprint density at radius 2 is 1.95 bits per heavy atom. The van der Waals surface area contributed by atoms with Crippen molar-refractivity contribution in [2.75, 3.05) is 37.3 Å². The first kappa shape index (κ1) is 13.8. The lowest BCUT2D eigenvalue weighted by atomic mass is 9.98. The number of likely N-dealkylation sites (tertiary alicyclic amines) is 1. The van der Waals surface area contributed by atoms with Crippen LogP contribution in [0.2, 0.25) is 0 Å². The van der Waals surface area contributed by atoms with E-state index in [-0.39, 0.29) is 12.5 Å². The summed E-state index contributed by atoms with van der Waals surface area (Å²) in [5.74, 6) is 0.392. The zero-order valence-corrected chi connectivity index (χ0v) is 11.0. The summed E-state index contributed by atoms with van der Waals surface area (Å²) in [6.45, 7) is 2.41. The molecule has 0 radical (unpaired) electrons. The minimum atomic E-state index is -0.00720. The van der Waals surface area contributed by atoms with Crippen molar-refractivity contribution in [1.82, 2.24) is 4.90 Å². The van der Waals surface area contributed by atoms with Crippen LogP contribution in [0.3, 0.4) is 0 Å². The Labute approximate surface area is 113 Å². The molecule has 1 fully saturated rings. The molecule has 1 aliphatic heterocycles. The molecular weight excluding hydrogens is 242 g/mol. The number of nitrogen functional groups attached to an aromatic ring is 1. The van der Waals surface area contributed by atoms with Crippen LogP contribution in [-0.2, 0) is 4.79 Å². The summed E-state index contributed by atoms with van der Waals surface area (Å²) in [6.07, 6.45) is 1.93. The molecule has 1 heterocycles. The third kappa shape index (κ3) is 4.22. The molecule has 2 rings (SSSR count). The molecule has 0 aromatic heterocycles. The number of aliphatic hydroxyl groups excluding tert-OH is 1. The van der Waals surface area contributed by atoms with E-state index >= 15 is 0 Å². The Morgan fingerprint density at radius 1 is 1.32 bits per heavy atom. The first-order valence-electron chi connectivity index (χ1n) is 6.66. The van der Waals surface area contributed by atoms with Gasteiger partial charge in [-0.25, -0.2) is 0 Å². The van der Waals surface area contributed by atoms with Crippen LogP contribution in [0, 0.1) is 5.92 Å². The van der Waals surface area contributed by atoms with Gasteiger partial charge in [-0.05, 0) is 56.1 Å². The van der Waals surface area contributed by atoms with Crippen molar-refractivity contribution in [3.63, 3.8) is 0 Å². The van der Waals surface area contributed by atoms with Crippen LogP contribution in [0.1, 0.15) is 12.8 Å². The van der Waals surface area contributed by atoms with Crippen molar-refractivity contribution in [2.24, 2.45) is 5.92 Å². The fourth-order valence-corrected chi connectivity index (χ4v) is 2.30. The molecule has 104 valence electrons. The van der Waals surface area contributed by atoms with Gasteiger partial charge in [0.2, 0.25) is 5.91 Å². The van der Waals surface area contributed by atoms with E-state index < -0.39 is 0 Å². The van der Waals surface area contributed by atoms with Gasteiger partial charge in [-0.15, -0.1) is 0 Å². The SMILES string of the molecule is Nc1ccc(NC(=O)CN2CCC(CO)CC2)cc1. The second-order valence-corrected chi connectivity index (χ2v) is 5.07. The van der Waals surface area contributed by atoms with Crippen LogP contribution in [0.5, 0.6) is 0 Å². The highest BCUT2D eigenvalue weighted by atomic mass is 16.3. The Hall–Kier alpha value is -1.59. The maximum absolute atomic E-state index is 11.9. The van der Waals surface area contributed by atoms with Gasteiger partial charge in [-0.2, -0.15) is 0 Å². The Morgan fingerprint density at radius 3 is 2.53 bits per heavy atom. The van der Waals surface area contributed by atoms with E-state index in [1.54, 1.807) is 24.3 Å². The van der Waals surface area contributed by atoms with Gasteiger partial charge in [-0.1, -0.05) is 0 Å². The van der Waals surface area contributed by atoms with Crippen molar-refractivity contribution >= 4 is 17.3 Å². The van der Waals surface area contributed by atoms with Gasteiger partial charge in [0.05, 0.1) is 6.54 Å². The predicted molar refractivity (Wildman–Crippen MR) is 75.7 cm³/mol. The van der Waals surface area contributed by atoms with E-state index in [0.717, 1.165) is 31.6 Å². The summed E-state index contributed by atoms with van der Waals surface area (Å²) in [5, 5.41) is 11.9. The number of hydrogen-bond donors (Lipinski definition) is 3. The molecule has 1 aliphatic rings. The number of piperidine rings is 1. The van der Waals surface area contributed by atoms with Gasteiger partial charge < -0.3 is 16.2 Å². The Kier molecular flexibility index (Phi) is 4.76. The first-order chi connectivity index (χ1) is 9.17. The third-order valence-electron chi connectivity index (χ3n) is 3.53. The summed E-state index contributed by atoms with van der Waals surface area (Å²) in [5.41, 5.74) is 7.04. The quantitative estimate of drug-likeness (QED) is 0.706. The lowest BCUT2D eigenvalue weighted by Gasteiger charge is -2.30. The molecule has 1 amide bonds. The smallest absolute Gasteiger partial charge is 0.238 e. The topological polar surface area (TPSA) is 78.6 Å². The van der Waals surface area contributed by atoms with E-state index in [2.05, 4.69) is 10.2 Å². The average molecular weight is 263 g/mol. The maximum Gasteiger partial charge on any atom is 0.238 e. The lowest BCUT2D eigenvalue weighted by molar-refractivity contribution is -0.117. The van der Waals surface area contributed by atoms with Gasteiger partial charge in [0.1, 0.15) is 0 Å². The number of amides is 1. The second-order valence-electron chi connectivity index (χ2n) is 5.07. The highest BCUT2D eigenvalue weighted by molar-refractivity contribution is 5.92. The third-order valence-corrected chi connectivity index (χ3v) is 3.53. The van der Waals surface area contributed by atoms with Crippen molar-refractivity contribution < 1.29 is 9.90 Å². The van der Waals surface area contributed by atoms with Crippen molar-refractivity contribution in [3.05, 3.63) is 24.3 Å². The maximum atomic E-state index is 11.9. The number of rotatable bonds is 4. The number of aliphatic hydroxyl groups is 1. The molecule has 5 heteroatoms. The van der Waals surface area contributed by atoms with E-state index in [4.69, 9.17) is 10.8 Å². The normalized spacial score (nSPS) is 17.3. The van der Waals surface area contributed by atoms with Crippen LogP contribution in [-0.4, -0.2) is 42.2 Å². The molecule has 5 nitrogen and oxygen atoms in total. The molecular formula is C14H21N3O2. The highest BCUT2D eigenvalue weighted by Gasteiger charge is 2.20. The van der Waals surface area contributed by atoms with Crippen LogP contribution in [0.15, 0.2) is 24.3 Å². The van der Waals surface area contributed by atoms with Gasteiger partial charge in [0.25, 0.3) is 0 Å². The number of benzene rings is 1. The molecule has 0 atom stereocenters. The zero-order valence-electron chi connectivity index (χ0n) is 11.0. The number of carbonyl (C=O) groups is 1. The van der Waals surface area contributed by atoms with Crippen LogP contribution in [0.4, 0.5) is 11.4 Å². The summed E-state index contributed by atoms with van der Waals surface area (Å²) in [7, 11) is 0. The van der Waals surface area contributed by atoms with Gasteiger partial charge >= 0.3 is 0 Å². The molecule has 0 unspecified atom stereocenters. The largest absolute Gasteiger partial charge is 0.399 e. The van der Waals surface area contributed by atoms with E-state index in [1.807, 2.05) is 0 Å². The zero-order chi connectivity index (χ0) is 13.7. The minimum Gasteiger partial charge on any atom is -0.399 e. The van der Waals surface area contributed by atoms with Crippen molar-refractivity contribution in [2.45, 2.75) is 12.8 Å². The summed E-state index contributed by atoms with van der Waals surface area (Å²) in [4.78, 5) is 14.0. The molecule has 19 heavy (non-hydrogen) atoms. The van der Waals surface area contributed by atoms with Crippen LogP contribution < -0.4 is 11.1 Å². The molecule has 1 aromatic carbocycles. The molecule has 4 N–H and O–H groups in total. The fourth-order valence-electron chi connectivity index (χ4n) is 2.30. The summed E-state index contributed by atoms with van der Waals surface area (Å²) in [6, 6.07) is 7.13. The number of nitrogens with two attached hydrogens (primary N) is 1. The Balaban J connectivity index is 1.77. The van der Waals surface area contributed by atoms with Crippen LogP contribution in [0.25, 0.3) is 0 Å². The van der Waals surface area contributed by atoms with E-state index in [9.17, 15) is 4.79 Å². The molecule has 0 saturated carbocycles. The van der Waals surface area contributed by atoms with Crippen molar-refractivity contribution in [3.8, 4) is 0 Å². The number of nitrogens with zero attached hydrogens (tertiary/aromatic N) is 1. The molecule has 1 saturated heterocycles. The van der Waals surface area contributed by atoms with Gasteiger partial charge in [-0.3, -0.25) is 9.69 Å². The number of carbonyl (C=O) groups excluding carboxylic acids is 1. The van der Waals surface area contributed by atoms with Gasteiger partial charge in [0.15, 0.2) is 0 Å². The monoisotopic (exact) mass is 263 g/mol. The van der Waals surface area contributed by atoms with Crippen molar-refractivity contribution in [1.29, 1.82) is 0 Å². The average Bonchev–Trinajstić information content (AvgIpc) is 2.42. The lowest BCUT2D eigenvalue weighted by Crippen LogP contribution is -2.39. The number of hydrogen-bond acceptors (Lipinski definition) is 4. The number of nitrogens with one attached hydrogen (secondary N) is 1. The number of anilines is 2. The van der Waals surface area contributed by atoms with E-state index in [0.29, 0.717) is 18.2 Å². The molecule has 0 spiro atoms.